The first-order valence-corrected chi connectivity index (χ1v) is 9.35. The van der Waals surface area contributed by atoms with Gasteiger partial charge in [0.25, 0.3) is 5.56 Å². The number of thiazole rings is 1. The van der Waals surface area contributed by atoms with Crippen LogP contribution in [0.15, 0.2) is 29.1 Å². The largest absolute Gasteiger partial charge is 0.494 e. The molecule has 2 heterocycles. The van der Waals surface area contributed by atoms with E-state index in [0.29, 0.717) is 31.0 Å². The topological polar surface area (TPSA) is 97.0 Å². The van der Waals surface area contributed by atoms with Crippen molar-refractivity contribution in [3.8, 4) is 5.75 Å². The highest BCUT2D eigenvalue weighted by atomic mass is 32.1. The number of nitrogens with zero attached hydrogens (tertiary/aromatic N) is 2. The van der Waals surface area contributed by atoms with Gasteiger partial charge in [-0.15, -0.1) is 0 Å². The van der Waals surface area contributed by atoms with Gasteiger partial charge in [-0.3, -0.25) is 9.59 Å². The summed E-state index contributed by atoms with van der Waals surface area (Å²) in [5.41, 5.74) is 2.32. The van der Waals surface area contributed by atoms with Crippen molar-refractivity contribution in [2.45, 2.75) is 26.2 Å². The molecule has 1 atom stereocenters. The smallest absolute Gasteiger partial charge is 0.264 e. The Morgan fingerprint density at radius 1 is 1.42 bits per heavy atom. The summed E-state index contributed by atoms with van der Waals surface area (Å²) in [6.07, 6.45) is 1.91. The molecule has 7 nitrogen and oxygen atoms in total. The molecule has 0 fully saturated rings. The molecule has 1 aromatic carbocycles. The fourth-order valence-electron chi connectivity index (χ4n) is 3.19. The number of fused-ring (bicyclic) bond motifs is 2. The van der Waals surface area contributed by atoms with E-state index in [1.165, 1.54) is 17.4 Å². The number of hydrogen-bond acceptors (Lipinski definition) is 6. The predicted molar refractivity (Wildman–Crippen MR) is 99.8 cm³/mol. The minimum Gasteiger partial charge on any atom is -0.494 e. The van der Waals surface area contributed by atoms with Crippen molar-refractivity contribution in [2.75, 3.05) is 11.9 Å². The number of carbonyl (C=O) groups excluding carboxylic acids is 1. The molecule has 0 radical (unpaired) electrons. The molecule has 0 saturated heterocycles. The maximum atomic E-state index is 12.6. The van der Waals surface area contributed by atoms with Gasteiger partial charge in [0.2, 0.25) is 5.91 Å². The molecule has 1 amide bonds. The number of amides is 1. The molecule has 0 aliphatic heterocycles. The molecule has 4 rings (SSSR count). The van der Waals surface area contributed by atoms with Gasteiger partial charge >= 0.3 is 0 Å². The molecule has 0 saturated carbocycles. The Morgan fingerprint density at radius 3 is 3.15 bits per heavy atom. The zero-order valence-electron chi connectivity index (χ0n) is 14.2. The number of benzene rings is 1. The summed E-state index contributed by atoms with van der Waals surface area (Å²) in [6, 6.07) is 7.23. The van der Waals surface area contributed by atoms with Crippen molar-refractivity contribution in [1.82, 2.24) is 15.2 Å². The first-order chi connectivity index (χ1) is 12.6. The first-order valence-electron chi connectivity index (χ1n) is 8.54. The maximum absolute atomic E-state index is 12.6. The maximum Gasteiger partial charge on any atom is 0.264 e. The molecule has 0 bridgehead atoms. The second-order valence-corrected chi connectivity index (χ2v) is 7.25. The highest BCUT2D eigenvalue weighted by Crippen LogP contribution is 2.30. The summed E-state index contributed by atoms with van der Waals surface area (Å²) in [5, 5.41) is 10.0. The van der Waals surface area contributed by atoms with Crippen LogP contribution < -0.4 is 15.6 Å². The number of ether oxygens (including phenoxy) is 1. The van der Waals surface area contributed by atoms with Gasteiger partial charge in [-0.05, 0) is 49.9 Å². The summed E-state index contributed by atoms with van der Waals surface area (Å²) in [7, 11) is 0. The third-order valence-corrected chi connectivity index (χ3v) is 5.38. The van der Waals surface area contributed by atoms with Crippen LogP contribution in [0.3, 0.4) is 0 Å². The van der Waals surface area contributed by atoms with Crippen molar-refractivity contribution in [2.24, 2.45) is 5.92 Å². The number of rotatable bonds is 4. The molecule has 2 aromatic heterocycles. The van der Waals surface area contributed by atoms with Gasteiger partial charge in [-0.25, -0.2) is 10.1 Å². The van der Waals surface area contributed by atoms with Gasteiger partial charge in [-0.1, -0.05) is 11.3 Å². The van der Waals surface area contributed by atoms with Crippen LogP contribution in [0.2, 0.25) is 0 Å². The van der Waals surface area contributed by atoms with Gasteiger partial charge in [-0.2, -0.15) is 5.10 Å². The SMILES string of the molecule is CCOc1ccc2nc(NC(=O)C3CCc4n[nH]c(=O)cc4C3)sc2c1. The van der Waals surface area contributed by atoms with Crippen molar-refractivity contribution >= 4 is 32.6 Å². The highest BCUT2D eigenvalue weighted by molar-refractivity contribution is 7.22. The fraction of sp³-hybridized carbons (Fsp3) is 0.333. The Morgan fingerprint density at radius 2 is 2.31 bits per heavy atom. The quantitative estimate of drug-likeness (QED) is 0.735. The van der Waals surface area contributed by atoms with Gasteiger partial charge < -0.3 is 10.1 Å². The molecular weight excluding hydrogens is 352 g/mol. The average molecular weight is 370 g/mol. The van der Waals surface area contributed by atoms with Crippen LogP contribution in [0, 0.1) is 5.92 Å². The van der Waals surface area contributed by atoms with Gasteiger partial charge in [0.15, 0.2) is 5.13 Å². The van der Waals surface area contributed by atoms with E-state index in [-0.39, 0.29) is 17.4 Å². The summed E-state index contributed by atoms with van der Waals surface area (Å²) >= 11 is 1.43. The molecule has 1 aliphatic rings. The van der Waals surface area contributed by atoms with Crippen molar-refractivity contribution < 1.29 is 9.53 Å². The number of H-pyrrole nitrogens is 1. The molecule has 0 spiro atoms. The number of aromatic nitrogens is 3. The minimum absolute atomic E-state index is 0.0694. The van der Waals surface area contributed by atoms with Gasteiger partial charge in [0.05, 0.1) is 22.5 Å². The first kappa shape index (κ1) is 16.7. The number of aryl methyl sites for hydroxylation is 1. The normalized spacial score (nSPS) is 16.3. The molecule has 1 aliphatic carbocycles. The van der Waals surface area contributed by atoms with Crippen LogP contribution in [-0.4, -0.2) is 27.7 Å². The predicted octanol–water partition coefficient (Wildman–Crippen LogP) is 2.52. The lowest BCUT2D eigenvalue weighted by Crippen LogP contribution is -2.29. The van der Waals surface area contributed by atoms with Crippen LogP contribution in [0.4, 0.5) is 5.13 Å². The van der Waals surface area contributed by atoms with E-state index in [1.54, 1.807) is 0 Å². The summed E-state index contributed by atoms with van der Waals surface area (Å²) < 4.78 is 6.47. The molecular formula is C18H18N4O3S. The third-order valence-electron chi connectivity index (χ3n) is 4.44. The standard InChI is InChI=1S/C18H18N4O3S/c1-2-25-12-4-6-14-15(9-12)26-18(19-14)20-17(24)10-3-5-13-11(7-10)8-16(23)22-21-13/h4,6,8-10H,2-3,5,7H2,1H3,(H,22,23)(H,19,20,24). The van der Waals surface area contributed by atoms with E-state index < -0.39 is 0 Å². The summed E-state index contributed by atoms with van der Waals surface area (Å²) in [4.78, 5) is 28.5. The Kier molecular flexibility index (Phi) is 4.42. The van der Waals surface area contributed by atoms with Crippen molar-refractivity contribution in [1.29, 1.82) is 0 Å². The Hall–Kier alpha value is -2.74. The van der Waals surface area contributed by atoms with Gasteiger partial charge in [0, 0.05) is 12.0 Å². The number of nitrogens with one attached hydrogen (secondary N) is 2. The zero-order valence-corrected chi connectivity index (χ0v) is 15.1. The lowest BCUT2D eigenvalue weighted by atomic mass is 9.86. The summed E-state index contributed by atoms with van der Waals surface area (Å²) in [6.45, 7) is 2.54. The van der Waals surface area contributed by atoms with Crippen LogP contribution in [0.25, 0.3) is 10.2 Å². The molecule has 8 heteroatoms. The molecule has 1 unspecified atom stereocenters. The van der Waals surface area contributed by atoms with E-state index >= 15 is 0 Å². The minimum atomic E-state index is -0.235. The zero-order chi connectivity index (χ0) is 18.1. The Balaban J connectivity index is 1.49. The lowest BCUT2D eigenvalue weighted by Gasteiger charge is -2.21. The van der Waals surface area contributed by atoms with Crippen molar-refractivity contribution in [3.63, 3.8) is 0 Å². The van der Waals surface area contributed by atoms with E-state index in [4.69, 9.17) is 4.74 Å². The number of hydrogen-bond donors (Lipinski definition) is 2. The van der Waals surface area contributed by atoms with Crippen LogP contribution in [0.1, 0.15) is 24.6 Å². The molecule has 2 N–H and O–H groups in total. The molecule has 26 heavy (non-hydrogen) atoms. The molecule has 134 valence electrons. The molecule has 3 aromatic rings. The fourth-order valence-corrected chi connectivity index (χ4v) is 4.08. The summed E-state index contributed by atoms with van der Waals surface area (Å²) in [5.74, 6) is 0.542. The lowest BCUT2D eigenvalue weighted by molar-refractivity contribution is -0.120. The van der Waals surface area contributed by atoms with E-state index in [2.05, 4.69) is 20.5 Å². The number of carbonyl (C=O) groups is 1. The number of anilines is 1. The Bertz CT molecular complexity index is 1030. The van der Waals surface area contributed by atoms with Gasteiger partial charge in [0.1, 0.15) is 5.75 Å². The van der Waals surface area contributed by atoms with Crippen LogP contribution in [0.5, 0.6) is 5.75 Å². The van der Waals surface area contributed by atoms with E-state index in [1.807, 2.05) is 25.1 Å². The second-order valence-electron chi connectivity index (χ2n) is 6.21. The van der Waals surface area contributed by atoms with Crippen LogP contribution in [-0.2, 0) is 17.6 Å². The monoisotopic (exact) mass is 370 g/mol. The second kappa shape index (κ2) is 6.87. The Labute approximate surface area is 153 Å². The third kappa shape index (κ3) is 3.32. The van der Waals surface area contributed by atoms with E-state index in [9.17, 15) is 9.59 Å². The highest BCUT2D eigenvalue weighted by Gasteiger charge is 2.26. The van der Waals surface area contributed by atoms with E-state index in [0.717, 1.165) is 27.2 Å². The van der Waals surface area contributed by atoms with Crippen LogP contribution >= 0.6 is 11.3 Å². The van der Waals surface area contributed by atoms with Crippen molar-refractivity contribution in [3.05, 3.63) is 45.9 Å². The average Bonchev–Trinajstić information content (AvgIpc) is 3.02. The number of aromatic amines is 1.